The van der Waals surface area contributed by atoms with E-state index in [9.17, 15) is 0 Å². The highest BCUT2D eigenvalue weighted by molar-refractivity contribution is 7.99. The predicted molar refractivity (Wildman–Crippen MR) is 126 cm³/mol. The van der Waals surface area contributed by atoms with Gasteiger partial charge in [0.05, 0.1) is 11.4 Å². The number of rotatable bonds is 8. The minimum atomic E-state index is 0.882. The van der Waals surface area contributed by atoms with E-state index in [1.807, 2.05) is 41.7 Å². The lowest BCUT2D eigenvalue weighted by Gasteiger charge is -2.11. The van der Waals surface area contributed by atoms with Crippen molar-refractivity contribution < 1.29 is 0 Å². The molecular formula is C25H25NS2. The number of aromatic nitrogens is 1. The topological polar surface area (TPSA) is 12.9 Å². The largest absolute Gasteiger partial charge is 0.248 e. The van der Waals surface area contributed by atoms with Crippen molar-refractivity contribution in [2.45, 2.75) is 23.6 Å². The van der Waals surface area contributed by atoms with Gasteiger partial charge in [-0.3, -0.25) is 0 Å². The highest BCUT2D eigenvalue weighted by atomic mass is 32.2. The number of pyridine rings is 1. The van der Waals surface area contributed by atoms with Gasteiger partial charge >= 0.3 is 0 Å². The second-order valence-corrected chi connectivity index (χ2v) is 8.95. The van der Waals surface area contributed by atoms with Crippen molar-refractivity contribution >= 4 is 34.7 Å². The third kappa shape index (κ3) is 4.98. The fourth-order valence-electron chi connectivity index (χ4n) is 2.90. The van der Waals surface area contributed by atoms with E-state index in [0.29, 0.717) is 0 Å². The van der Waals surface area contributed by atoms with Crippen molar-refractivity contribution in [2.75, 3.05) is 11.5 Å². The molecule has 0 aliphatic rings. The van der Waals surface area contributed by atoms with E-state index in [2.05, 4.69) is 75.5 Å². The van der Waals surface area contributed by atoms with Crippen molar-refractivity contribution in [2.24, 2.45) is 0 Å². The Morgan fingerprint density at radius 3 is 1.43 bits per heavy atom. The first kappa shape index (κ1) is 20.5. The van der Waals surface area contributed by atoms with Gasteiger partial charge in [-0.25, -0.2) is 4.98 Å². The van der Waals surface area contributed by atoms with Gasteiger partial charge in [0.2, 0.25) is 0 Å². The quantitative estimate of drug-likeness (QED) is 0.363. The van der Waals surface area contributed by atoms with Crippen LogP contribution in [0.3, 0.4) is 0 Å². The molecular weight excluding hydrogens is 378 g/mol. The second kappa shape index (κ2) is 9.81. The molecule has 3 heteroatoms. The van der Waals surface area contributed by atoms with Gasteiger partial charge in [0.1, 0.15) is 0 Å². The normalized spacial score (nSPS) is 10.6. The van der Waals surface area contributed by atoms with E-state index in [4.69, 9.17) is 4.98 Å². The molecule has 2 aromatic carbocycles. The van der Waals surface area contributed by atoms with Gasteiger partial charge < -0.3 is 0 Å². The summed E-state index contributed by atoms with van der Waals surface area (Å²) in [6.45, 7) is 12.9. The van der Waals surface area contributed by atoms with Crippen LogP contribution in [0.1, 0.15) is 36.4 Å². The zero-order valence-corrected chi connectivity index (χ0v) is 18.1. The summed E-state index contributed by atoms with van der Waals surface area (Å²) in [5, 5.41) is 0. The van der Waals surface area contributed by atoms with Crippen LogP contribution in [0.15, 0.2) is 89.7 Å². The van der Waals surface area contributed by atoms with Crippen LogP contribution in [0.5, 0.6) is 0 Å². The van der Waals surface area contributed by atoms with Gasteiger partial charge in [0, 0.05) is 20.9 Å². The smallest absolute Gasteiger partial charge is 0.0709 e. The molecule has 0 amide bonds. The zero-order valence-electron chi connectivity index (χ0n) is 16.4. The molecule has 0 saturated carbocycles. The molecule has 3 aromatic rings. The molecule has 0 aliphatic carbocycles. The number of benzene rings is 2. The molecule has 0 spiro atoms. The van der Waals surface area contributed by atoms with Crippen LogP contribution in [0.25, 0.3) is 11.1 Å². The first-order chi connectivity index (χ1) is 13.6. The van der Waals surface area contributed by atoms with Crippen LogP contribution in [0.4, 0.5) is 0 Å². The maximum absolute atomic E-state index is 4.83. The van der Waals surface area contributed by atoms with Crippen LogP contribution in [-0.4, -0.2) is 16.5 Å². The predicted octanol–water partition coefficient (Wildman–Crippen LogP) is 7.43. The monoisotopic (exact) mass is 403 g/mol. The third-order valence-corrected chi connectivity index (χ3v) is 6.18. The van der Waals surface area contributed by atoms with Gasteiger partial charge in [-0.2, -0.15) is 0 Å². The van der Waals surface area contributed by atoms with Gasteiger partial charge in [0.25, 0.3) is 0 Å². The van der Waals surface area contributed by atoms with Gasteiger partial charge in [-0.1, -0.05) is 57.3 Å². The van der Waals surface area contributed by atoms with E-state index in [1.165, 1.54) is 9.79 Å². The number of nitrogens with zero attached hydrogens (tertiary/aromatic N) is 1. The van der Waals surface area contributed by atoms with Gasteiger partial charge in [-0.05, 0) is 59.0 Å². The Morgan fingerprint density at radius 2 is 1.07 bits per heavy atom. The van der Waals surface area contributed by atoms with E-state index in [0.717, 1.165) is 45.2 Å². The summed E-state index contributed by atoms with van der Waals surface area (Å²) in [6.07, 6.45) is 0. The molecule has 0 saturated heterocycles. The Kier molecular flexibility index (Phi) is 7.18. The average molecular weight is 404 g/mol. The summed E-state index contributed by atoms with van der Waals surface area (Å²) in [6, 6.07) is 23.1. The zero-order chi connectivity index (χ0) is 19.9. The van der Waals surface area contributed by atoms with Crippen molar-refractivity contribution in [3.8, 4) is 0 Å². The molecule has 0 fully saturated rings. The molecule has 1 heterocycles. The highest BCUT2D eigenvalue weighted by Gasteiger charge is 2.09. The van der Waals surface area contributed by atoms with Crippen LogP contribution in [0, 0.1) is 0 Å². The molecule has 142 valence electrons. The molecule has 0 radical (unpaired) electrons. The minimum absolute atomic E-state index is 0.882. The van der Waals surface area contributed by atoms with E-state index < -0.39 is 0 Å². The Hall–Kier alpha value is -2.23. The third-order valence-electron chi connectivity index (χ3n) is 4.40. The molecule has 28 heavy (non-hydrogen) atoms. The lowest BCUT2D eigenvalue weighted by molar-refractivity contribution is 1.23. The molecule has 0 atom stereocenters. The first-order valence-electron chi connectivity index (χ1n) is 9.44. The SMILES string of the molecule is C=C(c1ccc(SCC)cc1)c1cccc(C(=C)c2ccc(SCC)cc2)n1. The maximum Gasteiger partial charge on any atom is 0.0709 e. The number of hydrogen-bond acceptors (Lipinski definition) is 3. The van der Waals surface area contributed by atoms with Crippen molar-refractivity contribution in [3.63, 3.8) is 0 Å². The Balaban J connectivity index is 1.80. The molecule has 1 aromatic heterocycles. The van der Waals surface area contributed by atoms with Crippen molar-refractivity contribution in [1.29, 1.82) is 0 Å². The highest BCUT2D eigenvalue weighted by Crippen LogP contribution is 2.27. The summed E-state index contributed by atoms with van der Waals surface area (Å²) in [5.74, 6) is 2.15. The lowest BCUT2D eigenvalue weighted by atomic mass is 10.0. The summed E-state index contributed by atoms with van der Waals surface area (Å²) in [4.78, 5) is 7.39. The lowest BCUT2D eigenvalue weighted by Crippen LogP contribution is -1.96. The molecule has 0 unspecified atom stereocenters. The average Bonchev–Trinajstić information content (AvgIpc) is 2.74. The first-order valence-corrected chi connectivity index (χ1v) is 11.4. The van der Waals surface area contributed by atoms with Crippen LogP contribution in [-0.2, 0) is 0 Å². The van der Waals surface area contributed by atoms with Crippen molar-refractivity contribution in [1.82, 2.24) is 4.98 Å². The maximum atomic E-state index is 4.83. The summed E-state index contributed by atoms with van der Waals surface area (Å²) in [5.41, 5.74) is 5.81. The molecule has 3 rings (SSSR count). The number of thioether (sulfide) groups is 2. The minimum Gasteiger partial charge on any atom is -0.248 e. The molecule has 0 aliphatic heterocycles. The Labute approximate surface area is 177 Å². The Bertz CT molecular complexity index is 880. The van der Waals surface area contributed by atoms with E-state index in [1.54, 1.807) is 0 Å². The van der Waals surface area contributed by atoms with Gasteiger partial charge in [-0.15, -0.1) is 23.5 Å². The molecule has 0 bridgehead atoms. The summed E-state index contributed by atoms with van der Waals surface area (Å²) in [7, 11) is 0. The number of hydrogen-bond donors (Lipinski definition) is 0. The van der Waals surface area contributed by atoms with Crippen LogP contribution in [0.2, 0.25) is 0 Å². The van der Waals surface area contributed by atoms with Crippen LogP contribution < -0.4 is 0 Å². The summed E-state index contributed by atoms with van der Waals surface area (Å²) < 4.78 is 0. The second-order valence-electron chi connectivity index (χ2n) is 6.28. The van der Waals surface area contributed by atoms with Gasteiger partial charge in [0.15, 0.2) is 0 Å². The molecule has 1 nitrogen and oxygen atoms in total. The Morgan fingerprint density at radius 1 is 0.679 bits per heavy atom. The van der Waals surface area contributed by atoms with Crippen LogP contribution >= 0.6 is 23.5 Å². The fraction of sp³-hybridized carbons (Fsp3) is 0.160. The van der Waals surface area contributed by atoms with E-state index >= 15 is 0 Å². The van der Waals surface area contributed by atoms with E-state index in [-0.39, 0.29) is 0 Å². The summed E-state index contributed by atoms with van der Waals surface area (Å²) >= 11 is 3.68. The van der Waals surface area contributed by atoms with Crippen molar-refractivity contribution in [3.05, 3.63) is 102 Å². The molecule has 0 N–H and O–H groups in total. The fourth-order valence-corrected chi connectivity index (χ4v) is 4.23. The standard InChI is InChI=1S/C25H25NS2/c1-5-27-22-14-10-20(11-15-22)18(3)24-8-7-9-25(26-24)19(4)21-12-16-23(17-13-21)28-6-2/h7-17H,3-6H2,1-2H3.